The summed E-state index contributed by atoms with van der Waals surface area (Å²) < 4.78 is 12.6. The Morgan fingerprint density at radius 1 is 1.14 bits per heavy atom. The van der Waals surface area contributed by atoms with Gasteiger partial charge in [0, 0.05) is 5.56 Å². The SMILES string of the molecule is Oc1nc(-c2ccc(F)cc2)sc1O. The first-order valence-corrected chi connectivity index (χ1v) is 4.63. The molecular weight excluding hydrogens is 205 g/mol. The Morgan fingerprint density at radius 3 is 2.29 bits per heavy atom. The van der Waals surface area contributed by atoms with Crippen molar-refractivity contribution in [2.75, 3.05) is 0 Å². The molecule has 72 valence electrons. The molecular formula is C9H6FNO2S. The summed E-state index contributed by atoms with van der Waals surface area (Å²) in [5.74, 6) is -0.729. The molecule has 1 aromatic heterocycles. The lowest BCUT2D eigenvalue weighted by molar-refractivity contribution is 0.402. The van der Waals surface area contributed by atoms with Gasteiger partial charge in [-0.3, -0.25) is 0 Å². The molecule has 0 saturated carbocycles. The van der Waals surface area contributed by atoms with E-state index in [9.17, 15) is 4.39 Å². The van der Waals surface area contributed by atoms with Gasteiger partial charge in [0.15, 0.2) is 0 Å². The summed E-state index contributed by atoms with van der Waals surface area (Å²) in [5.41, 5.74) is 0.659. The third kappa shape index (κ3) is 1.54. The molecule has 2 aromatic rings. The Bertz CT molecular complexity index is 433. The molecule has 0 spiro atoms. The second kappa shape index (κ2) is 3.26. The molecule has 0 radical (unpaired) electrons. The number of thiazole rings is 1. The van der Waals surface area contributed by atoms with Crippen LogP contribution in [0.25, 0.3) is 10.6 Å². The monoisotopic (exact) mass is 211 g/mol. The summed E-state index contributed by atoms with van der Waals surface area (Å²) in [6.07, 6.45) is 0. The van der Waals surface area contributed by atoms with Gasteiger partial charge in [-0.15, -0.1) is 0 Å². The molecule has 1 aromatic carbocycles. The van der Waals surface area contributed by atoms with Crippen LogP contribution in [-0.2, 0) is 0 Å². The number of hydrogen-bond donors (Lipinski definition) is 2. The highest BCUT2D eigenvalue weighted by atomic mass is 32.1. The first-order valence-electron chi connectivity index (χ1n) is 3.81. The molecule has 0 fully saturated rings. The second-order valence-corrected chi connectivity index (χ2v) is 3.63. The molecule has 2 rings (SSSR count). The minimum Gasteiger partial charge on any atom is -0.496 e. The predicted molar refractivity (Wildman–Crippen MR) is 50.8 cm³/mol. The van der Waals surface area contributed by atoms with Gasteiger partial charge < -0.3 is 10.2 Å². The van der Waals surface area contributed by atoms with Gasteiger partial charge in [-0.2, -0.15) is 4.98 Å². The zero-order chi connectivity index (χ0) is 10.1. The third-order valence-corrected chi connectivity index (χ3v) is 2.58. The maximum absolute atomic E-state index is 12.6. The molecule has 0 atom stereocenters. The first-order chi connectivity index (χ1) is 6.66. The summed E-state index contributed by atoms with van der Waals surface area (Å²) in [6, 6.07) is 5.66. The molecule has 0 aliphatic carbocycles. The molecule has 0 saturated heterocycles. The summed E-state index contributed by atoms with van der Waals surface area (Å²) in [7, 11) is 0. The van der Waals surface area contributed by atoms with Crippen LogP contribution in [0, 0.1) is 5.82 Å². The Hall–Kier alpha value is -1.62. The molecule has 0 aliphatic rings. The van der Waals surface area contributed by atoms with Crippen LogP contribution in [0.1, 0.15) is 0 Å². The van der Waals surface area contributed by atoms with Crippen molar-refractivity contribution in [1.29, 1.82) is 0 Å². The Kier molecular flexibility index (Phi) is 2.09. The van der Waals surface area contributed by atoms with Gasteiger partial charge in [0.05, 0.1) is 0 Å². The van der Waals surface area contributed by atoms with Crippen molar-refractivity contribution >= 4 is 11.3 Å². The van der Waals surface area contributed by atoms with Gasteiger partial charge in [-0.05, 0) is 24.3 Å². The van der Waals surface area contributed by atoms with E-state index in [-0.39, 0.29) is 10.9 Å². The number of rotatable bonds is 1. The van der Waals surface area contributed by atoms with E-state index >= 15 is 0 Å². The third-order valence-electron chi connectivity index (χ3n) is 1.68. The van der Waals surface area contributed by atoms with Crippen molar-refractivity contribution in [3.63, 3.8) is 0 Å². The summed E-state index contributed by atoms with van der Waals surface area (Å²) in [6.45, 7) is 0. The van der Waals surface area contributed by atoms with Crippen LogP contribution in [0.2, 0.25) is 0 Å². The zero-order valence-corrected chi connectivity index (χ0v) is 7.75. The number of halogens is 1. The van der Waals surface area contributed by atoms with Gasteiger partial charge in [-0.1, -0.05) is 11.3 Å². The quantitative estimate of drug-likeness (QED) is 0.761. The van der Waals surface area contributed by atoms with E-state index in [0.29, 0.717) is 10.6 Å². The Balaban J connectivity index is 2.44. The molecule has 0 aliphatic heterocycles. The first kappa shape index (κ1) is 8.96. The number of hydrogen-bond acceptors (Lipinski definition) is 4. The van der Waals surface area contributed by atoms with Crippen LogP contribution in [-0.4, -0.2) is 15.2 Å². The predicted octanol–water partition coefficient (Wildman–Crippen LogP) is 2.36. The highest BCUT2D eigenvalue weighted by Crippen LogP contribution is 2.36. The number of aromatic nitrogens is 1. The zero-order valence-electron chi connectivity index (χ0n) is 6.94. The molecule has 3 nitrogen and oxygen atoms in total. The lowest BCUT2D eigenvalue weighted by atomic mass is 10.2. The Morgan fingerprint density at radius 2 is 1.79 bits per heavy atom. The average Bonchev–Trinajstić information content (AvgIpc) is 2.48. The van der Waals surface area contributed by atoms with Gasteiger partial charge >= 0.3 is 0 Å². The van der Waals surface area contributed by atoms with E-state index < -0.39 is 5.88 Å². The highest BCUT2D eigenvalue weighted by Gasteiger charge is 2.09. The molecule has 14 heavy (non-hydrogen) atoms. The fourth-order valence-corrected chi connectivity index (χ4v) is 1.73. The van der Waals surface area contributed by atoms with E-state index in [2.05, 4.69) is 4.98 Å². The van der Waals surface area contributed by atoms with E-state index in [1.165, 1.54) is 24.3 Å². The minimum atomic E-state index is -0.394. The highest BCUT2D eigenvalue weighted by molar-refractivity contribution is 7.17. The van der Waals surface area contributed by atoms with E-state index in [0.717, 1.165) is 11.3 Å². The number of benzene rings is 1. The van der Waals surface area contributed by atoms with Crippen molar-refractivity contribution in [1.82, 2.24) is 4.98 Å². The van der Waals surface area contributed by atoms with E-state index in [4.69, 9.17) is 10.2 Å². The van der Waals surface area contributed by atoms with Crippen LogP contribution in [0.3, 0.4) is 0 Å². The van der Waals surface area contributed by atoms with Crippen LogP contribution < -0.4 is 0 Å². The van der Waals surface area contributed by atoms with E-state index in [1.54, 1.807) is 0 Å². The largest absolute Gasteiger partial charge is 0.496 e. The Labute approximate surface area is 83.1 Å². The van der Waals surface area contributed by atoms with Gasteiger partial charge in [0.25, 0.3) is 5.88 Å². The topological polar surface area (TPSA) is 53.4 Å². The minimum absolute atomic E-state index is 0.232. The molecule has 5 heteroatoms. The van der Waals surface area contributed by atoms with Crippen LogP contribution in [0.4, 0.5) is 4.39 Å². The van der Waals surface area contributed by atoms with Crippen LogP contribution in [0.5, 0.6) is 10.9 Å². The van der Waals surface area contributed by atoms with Gasteiger partial charge in [0.1, 0.15) is 10.8 Å². The molecule has 0 amide bonds. The van der Waals surface area contributed by atoms with Crippen molar-refractivity contribution in [3.8, 4) is 21.5 Å². The second-order valence-electron chi connectivity index (χ2n) is 2.65. The van der Waals surface area contributed by atoms with Crippen molar-refractivity contribution in [3.05, 3.63) is 30.1 Å². The summed E-state index contributed by atoms with van der Waals surface area (Å²) in [5, 5.41) is 18.3. The van der Waals surface area contributed by atoms with Crippen molar-refractivity contribution in [2.24, 2.45) is 0 Å². The van der Waals surface area contributed by atoms with Crippen LogP contribution >= 0.6 is 11.3 Å². The average molecular weight is 211 g/mol. The molecule has 0 unspecified atom stereocenters. The maximum Gasteiger partial charge on any atom is 0.267 e. The van der Waals surface area contributed by atoms with E-state index in [1.807, 2.05) is 0 Å². The molecule has 0 bridgehead atoms. The standard InChI is InChI=1S/C9H6FNO2S/c10-6-3-1-5(2-4-6)8-11-7(12)9(13)14-8/h1-4,12-13H. The van der Waals surface area contributed by atoms with Crippen LogP contribution in [0.15, 0.2) is 24.3 Å². The van der Waals surface area contributed by atoms with Crippen molar-refractivity contribution in [2.45, 2.75) is 0 Å². The summed E-state index contributed by atoms with van der Waals surface area (Å²) in [4.78, 5) is 3.71. The summed E-state index contributed by atoms with van der Waals surface area (Å²) >= 11 is 0.945. The lowest BCUT2D eigenvalue weighted by Gasteiger charge is -1.93. The van der Waals surface area contributed by atoms with Crippen molar-refractivity contribution < 1.29 is 14.6 Å². The van der Waals surface area contributed by atoms with Gasteiger partial charge in [-0.25, -0.2) is 4.39 Å². The lowest BCUT2D eigenvalue weighted by Crippen LogP contribution is -1.76. The smallest absolute Gasteiger partial charge is 0.267 e. The fourth-order valence-electron chi connectivity index (χ4n) is 1.02. The van der Waals surface area contributed by atoms with Gasteiger partial charge in [0.2, 0.25) is 5.06 Å². The maximum atomic E-state index is 12.6. The number of aromatic hydroxyl groups is 2. The fraction of sp³-hybridized carbons (Fsp3) is 0. The number of nitrogens with zero attached hydrogens (tertiary/aromatic N) is 1. The molecule has 2 N–H and O–H groups in total. The molecule has 1 heterocycles. The normalized spacial score (nSPS) is 10.4.